The van der Waals surface area contributed by atoms with Gasteiger partial charge in [-0.3, -0.25) is 0 Å². The Morgan fingerprint density at radius 1 is 1.20 bits per heavy atom. The highest BCUT2D eigenvalue weighted by atomic mass is 19.4. The molecule has 1 rings (SSSR count). The number of ether oxygens (including phenoxy) is 1. The van der Waals surface area contributed by atoms with Crippen molar-refractivity contribution in [2.24, 2.45) is 0 Å². The first kappa shape index (κ1) is 17.0. The molecule has 2 unspecified atom stereocenters. The number of rotatable bonds is 7. The number of hydrogen-bond acceptors (Lipinski definition) is 2. The maximum atomic E-state index is 13.1. The predicted octanol–water partition coefficient (Wildman–Crippen LogP) is 4.17. The van der Waals surface area contributed by atoms with Crippen LogP contribution in [0.25, 0.3) is 0 Å². The SMILES string of the molecule is CCCC(OC)C(NCC)c1ccccc1C(F)(F)F. The number of methoxy groups -OCH3 is 1. The average molecular weight is 289 g/mol. The van der Waals surface area contributed by atoms with E-state index in [1.165, 1.54) is 12.1 Å². The molecule has 1 N–H and O–H groups in total. The second-order valence-electron chi connectivity index (χ2n) is 4.68. The topological polar surface area (TPSA) is 21.3 Å². The standard InChI is InChI=1S/C15H22F3NO/c1-4-8-13(20-3)14(19-5-2)11-9-6-7-10-12(11)15(16,17)18/h6-7,9-10,13-14,19H,4-5,8H2,1-3H3. The molecule has 2 nitrogen and oxygen atoms in total. The van der Waals surface area contributed by atoms with Gasteiger partial charge in [0.25, 0.3) is 0 Å². The Kier molecular flexibility index (Phi) is 6.49. The maximum Gasteiger partial charge on any atom is 0.416 e. The lowest BCUT2D eigenvalue weighted by molar-refractivity contribution is -0.138. The van der Waals surface area contributed by atoms with E-state index < -0.39 is 17.8 Å². The molecule has 5 heteroatoms. The number of alkyl halides is 3. The lowest BCUT2D eigenvalue weighted by atomic mass is 9.93. The molecule has 2 atom stereocenters. The number of benzene rings is 1. The van der Waals surface area contributed by atoms with Gasteiger partial charge in [-0.1, -0.05) is 38.5 Å². The van der Waals surface area contributed by atoms with Crippen molar-refractivity contribution < 1.29 is 17.9 Å². The van der Waals surface area contributed by atoms with Gasteiger partial charge >= 0.3 is 6.18 Å². The van der Waals surface area contributed by atoms with Gasteiger partial charge in [0.2, 0.25) is 0 Å². The highest BCUT2D eigenvalue weighted by molar-refractivity contribution is 5.33. The molecule has 0 radical (unpaired) electrons. The van der Waals surface area contributed by atoms with E-state index in [0.717, 1.165) is 12.5 Å². The molecule has 1 aromatic rings. The van der Waals surface area contributed by atoms with E-state index in [2.05, 4.69) is 5.32 Å². The summed E-state index contributed by atoms with van der Waals surface area (Å²) >= 11 is 0. The third-order valence-corrected chi connectivity index (χ3v) is 3.27. The van der Waals surface area contributed by atoms with Gasteiger partial charge in [-0.2, -0.15) is 13.2 Å². The Morgan fingerprint density at radius 3 is 2.35 bits per heavy atom. The summed E-state index contributed by atoms with van der Waals surface area (Å²) in [5.41, 5.74) is -0.341. The Bertz CT molecular complexity index is 406. The molecule has 0 aliphatic carbocycles. The molecule has 0 heterocycles. The van der Waals surface area contributed by atoms with Gasteiger partial charge in [-0.25, -0.2) is 0 Å². The summed E-state index contributed by atoms with van der Waals surface area (Å²) in [7, 11) is 1.54. The summed E-state index contributed by atoms with van der Waals surface area (Å²) in [5, 5.41) is 3.12. The first-order chi connectivity index (χ1) is 9.45. The van der Waals surface area contributed by atoms with Crippen LogP contribution in [0.15, 0.2) is 24.3 Å². The van der Waals surface area contributed by atoms with Crippen molar-refractivity contribution in [3.05, 3.63) is 35.4 Å². The highest BCUT2D eigenvalue weighted by Crippen LogP contribution is 2.36. The minimum atomic E-state index is -4.35. The third-order valence-electron chi connectivity index (χ3n) is 3.27. The summed E-state index contributed by atoms with van der Waals surface area (Å²) in [6, 6.07) is 5.24. The number of nitrogens with one attached hydrogen (secondary N) is 1. The van der Waals surface area contributed by atoms with Crippen LogP contribution in [0.2, 0.25) is 0 Å². The summed E-state index contributed by atoms with van der Waals surface area (Å²) in [6.45, 7) is 4.45. The lowest BCUT2D eigenvalue weighted by Crippen LogP contribution is -2.34. The zero-order valence-corrected chi connectivity index (χ0v) is 12.1. The fourth-order valence-electron chi connectivity index (χ4n) is 2.39. The molecule has 0 aromatic heterocycles. The average Bonchev–Trinajstić information content (AvgIpc) is 2.42. The van der Waals surface area contributed by atoms with Gasteiger partial charge < -0.3 is 10.1 Å². The molecule has 0 saturated carbocycles. The molecule has 0 fully saturated rings. The van der Waals surface area contributed by atoms with Crippen molar-refractivity contribution in [3.8, 4) is 0 Å². The predicted molar refractivity (Wildman–Crippen MR) is 73.6 cm³/mol. The fraction of sp³-hybridized carbons (Fsp3) is 0.600. The summed E-state index contributed by atoms with van der Waals surface area (Å²) in [4.78, 5) is 0. The Morgan fingerprint density at radius 2 is 1.85 bits per heavy atom. The summed E-state index contributed by atoms with van der Waals surface area (Å²) < 4.78 is 44.8. The second kappa shape index (κ2) is 7.64. The molecule has 0 spiro atoms. The molecule has 114 valence electrons. The quantitative estimate of drug-likeness (QED) is 0.813. The van der Waals surface area contributed by atoms with E-state index in [1.54, 1.807) is 13.2 Å². The van der Waals surface area contributed by atoms with Crippen molar-refractivity contribution >= 4 is 0 Å². The van der Waals surface area contributed by atoms with Crippen molar-refractivity contribution in [2.45, 2.75) is 45.0 Å². The van der Waals surface area contributed by atoms with Crippen molar-refractivity contribution in [3.63, 3.8) is 0 Å². The summed E-state index contributed by atoms with van der Waals surface area (Å²) in [5.74, 6) is 0. The van der Waals surface area contributed by atoms with Crippen LogP contribution in [-0.2, 0) is 10.9 Å². The van der Waals surface area contributed by atoms with Crippen LogP contribution >= 0.6 is 0 Å². The van der Waals surface area contributed by atoms with Crippen LogP contribution in [0.1, 0.15) is 43.9 Å². The van der Waals surface area contributed by atoms with E-state index >= 15 is 0 Å². The maximum absolute atomic E-state index is 13.1. The Balaban J connectivity index is 3.20. The normalized spacial score (nSPS) is 15.1. The van der Waals surface area contributed by atoms with Crippen LogP contribution in [0.3, 0.4) is 0 Å². The van der Waals surface area contributed by atoms with Gasteiger partial charge in [-0.05, 0) is 24.6 Å². The number of hydrogen-bond donors (Lipinski definition) is 1. The molecule has 0 amide bonds. The van der Waals surface area contributed by atoms with Crippen molar-refractivity contribution in [2.75, 3.05) is 13.7 Å². The largest absolute Gasteiger partial charge is 0.416 e. The number of likely N-dealkylation sites (N-methyl/N-ethyl adjacent to an activating group) is 1. The van der Waals surface area contributed by atoms with Gasteiger partial charge in [0.15, 0.2) is 0 Å². The molecule has 20 heavy (non-hydrogen) atoms. The monoisotopic (exact) mass is 289 g/mol. The first-order valence-corrected chi connectivity index (χ1v) is 6.87. The van der Waals surface area contributed by atoms with E-state index in [-0.39, 0.29) is 11.7 Å². The zero-order valence-electron chi connectivity index (χ0n) is 12.1. The molecule has 1 aromatic carbocycles. The highest BCUT2D eigenvalue weighted by Gasteiger charge is 2.36. The molecular formula is C15H22F3NO. The van der Waals surface area contributed by atoms with Crippen LogP contribution in [0.5, 0.6) is 0 Å². The van der Waals surface area contributed by atoms with E-state index in [4.69, 9.17) is 4.74 Å². The number of halogens is 3. The molecular weight excluding hydrogens is 267 g/mol. The van der Waals surface area contributed by atoms with Crippen LogP contribution < -0.4 is 5.32 Å². The first-order valence-electron chi connectivity index (χ1n) is 6.87. The van der Waals surface area contributed by atoms with Crippen LogP contribution in [-0.4, -0.2) is 19.8 Å². The van der Waals surface area contributed by atoms with Gasteiger partial charge in [0.05, 0.1) is 17.7 Å². The molecule has 0 aliphatic rings. The fourth-order valence-corrected chi connectivity index (χ4v) is 2.39. The van der Waals surface area contributed by atoms with E-state index in [1.807, 2.05) is 13.8 Å². The Labute approximate surface area is 118 Å². The van der Waals surface area contributed by atoms with Gasteiger partial charge in [0, 0.05) is 7.11 Å². The van der Waals surface area contributed by atoms with Crippen molar-refractivity contribution in [1.29, 1.82) is 0 Å². The van der Waals surface area contributed by atoms with E-state index in [0.29, 0.717) is 13.0 Å². The van der Waals surface area contributed by atoms with Crippen molar-refractivity contribution in [1.82, 2.24) is 5.32 Å². The minimum absolute atomic E-state index is 0.252. The second-order valence-corrected chi connectivity index (χ2v) is 4.68. The van der Waals surface area contributed by atoms with Gasteiger partial charge in [0.1, 0.15) is 0 Å². The van der Waals surface area contributed by atoms with E-state index in [9.17, 15) is 13.2 Å². The minimum Gasteiger partial charge on any atom is -0.379 e. The smallest absolute Gasteiger partial charge is 0.379 e. The molecule has 0 bridgehead atoms. The zero-order chi connectivity index (χ0) is 15.2. The summed E-state index contributed by atoms with van der Waals surface area (Å²) in [6.07, 6.45) is -3.06. The van der Waals surface area contributed by atoms with Crippen LogP contribution in [0, 0.1) is 0 Å². The molecule has 0 aliphatic heterocycles. The third kappa shape index (κ3) is 4.21. The molecule has 0 saturated heterocycles. The van der Waals surface area contributed by atoms with Crippen LogP contribution in [0.4, 0.5) is 13.2 Å². The lowest BCUT2D eigenvalue weighted by Gasteiger charge is -2.29. The Hall–Kier alpha value is -1.07. The van der Waals surface area contributed by atoms with Gasteiger partial charge in [-0.15, -0.1) is 0 Å².